The number of aryl methyl sites for hydroxylation is 2. The van der Waals surface area contributed by atoms with Gasteiger partial charge in [0, 0.05) is 57.2 Å². The van der Waals surface area contributed by atoms with Gasteiger partial charge in [-0.2, -0.15) is 10.2 Å². The molecule has 0 spiro atoms. The first-order chi connectivity index (χ1) is 10.6. The minimum atomic E-state index is 0.134. The number of aromatic nitrogens is 4. The van der Waals surface area contributed by atoms with E-state index in [9.17, 15) is 0 Å². The van der Waals surface area contributed by atoms with Gasteiger partial charge in [0.1, 0.15) is 6.10 Å². The zero-order valence-electron chi connectivity index (χ0n) is 13.6. The van der Waals surface area contributed by atoms with Crippen LogP contribution in [0.2, 0.25) is 0 Å². The Bertz CT molecular complexity index is 605. The number of nitrogens with one attached hydrogen (secondary N) is 1. The smallest absolute Gasteiger partial charge is 0.103 e. The predicted octanol–water partition coefficient (Wildman–Crippen LogP) is 1.97. The lowest BCUT2D eigenvalue weighted by Gasteiger charge is -2.32. The molecular formula is C16H25N5O. The summed E-state index contributed by atoms with van der Waals surface area (Å²) in [4.78, 5) is 0. The molecule has 6 heteroatoms. The van der Waals surface area contributed by atoms with Crippen molar-refractivity contribution < 1.29 is 4.74 Å². The molecule has 0 bridgehead atoms. The fraction of sp³-hybridized carbons (Fsp3) is 0.625. The Balaban J connectivity index is 1.63. The van der Waals surface area contributed by atoms with Crippen LogP contribution in [0.15, 0.2) is 24.7 Å². The van der Waals surface area contributed by atoms with Crippen LogP contribution in [0, 0.1) is 5.92 Å². The summed E-state index contributed by atoms with van der Waals surface area (Å²) in [6, 6.07) is 2.36. The van der Waals surface area contributed by atoms with Crippen LogP contribution in [0.5, 0.6) is 0 Å². The SMILES string of the molecule is CC(NC[C@@H]1CCCO[C@H]1c1ccnn1C)c1cnn(C)c1. The van der Waals surface area contributed by atoms with Crippen molar-refractivity contribution in [3.8, 4) is 0 Å². The highest BCUT2D eigenvalue weighted by Gasteiger charge is 2.29. The maximum absolute atomic E-state index is 6.04. The quantitative estimate of drug-likeness (QED) is 0.917. The maximum Gasteiger partial charge on any atom is 0.103 e. The van der Waals surface area contributed by atoms with E-state index in [2.05, 4.69) is 34.7 Å². The molecule has 1 saturated heterocycles. The van der Waals surface area contributed by atoms with Crippen LogP contribution in [0.1, 0.15) is 43.2 Å². The summed E-state index contributed by atoms with van der Waals surface area (Å²) in [5.74, 6) is 0.475. The molecule has 0 aromatic carbocycles. The molecule has 2 aromatic heterocycles. The van der Waals surface area contributed by atoms with Crippen molar-refractivity contribution in [3.05, 3.63) is 35.9 Å². The first kappa shape index (κ1) is 15.2. The van der Waals surface area contributed by atoms with Crippen LogP contribution in [0.25, 0.3) is 0 Å². The molecule has 0 saturated carbocycles. The Kier molecular flexibility index (Phi) is 4.59. The monoisotopic (exact) mass is 303 g/mol. The van der Waals surface area contributed by atoms with Gasteiger partial charge < -0.3 is 10.1 Å². The van der Waals surface area contributed by atoms with Crippen LogP contribution in [-0.4, -0.2) is 32.7 Å². The molecule has 0 amide bonds. The molecule has 6 nitrogen and oxygen atoms in total. The highest BCUT2D eigenvalue weighted by molar-refractivity contribution is 5.10. The Morgan fingerprint density at radius 1 is 1.41 bits per heavy atom. The lowest BCUT2D eigenvalue weighted by Crippen LogP contribution is -2.34. The third-order valence-corrected chi connectivity index (χ3v) is 4.51. The number of rotatable bonds is 5. The zero-order chi connectivity index (χ0) is 15.5. The van der Waals surface area contributed by atoms with E-state index in [4.69, 9.17) is 4.74 Å². The maximum atomic E-state index is 6.04. The minimum absolute atomic E-state index is 0.134. The van der Waals surface area contributed by atoms with E-state index in [1.807, 2.05) is 35.9 Å². The van der Waals surface area contributed by atoms with Crippen LogP contribution in [0.3, 0.4) is 0 Å². The largest absolute Gasteiger partial charge is 0.372 e. The van der Waals surface area contributed by atoms with Gasteiger partial charge in [0.15, 0.2) is 0 Å². The fourth-order valence-corrected chi connectivity index (χ4v) is 3.15. The third-order valence-electron chi connectivity index (χ3n) is 4.51. The number of nitrogens with zero attached hydrogens (tertiary/aromatic N) is 4. The summed E-state index contributed by atoms with van der Waals surface area (Å²) in [6.07, 6.45) is 8.27. The zero-order valence-corrected chi connectivity index (χ0v) is 13.6. The van der Waals surface area contributed by atoms with Crippen LogP contribution < -0.4 is 5.32 Å². The molecule has 22 heavy (non-hydrogen) atoms. The van der Waals surface area contributed by atoms with Crippen molar-refractivity contribution in [1.29, 1.82) is 0 Å². The van der Waals surface area contributed by atoms with Crippen LogP contribution in [0.4, 0.5) is 0 Å². The van der Waals surface area contributed by atoms with Gasteiger partial charge in [-0.1, -0.05) is 0 Å². The Labute approximate surface area is 131 Å². The van der Waals surface area contributed by atoms with Gasteiger partial charge in [0.05, 0.1) is 11.9 Å². The van der Waals surface area contributed by atoms with Gasteiger partial charge in [-0.05, 0) is 25.8 Å². The average Bonchev–Trinajstić information content (AvgIpc) is 3.14. The summed E-state index contributed by atoms with van der Waals surface area (Å²) in [5.41, 5.74) is 2.39. The summed E-state index contributed by atoms with van der Waals surface area (Å²) in [5, 5.41) is 12.1. The summed E-state index contributed by atoms with van der Waals surface area (Å²) >= 11 is 0. The summed E-state index contributed by atoms with van der Waals surface area (Å²) < 4.78 is 9.81. The second kappa shape index (κ2) is 6.62. The highest BCUT2D eigenvalue weighted by Crippen LogP contribution is 2.33. The van der Waals surface area contributed by atoms with E-state index in [1.54, 1.807) is 0 Å². The first-order valence-electron chi connectivity index (χ1n) is 7.96. The van der Waals surface area contributed by atoms with Gasteiger partial charge in [-0.25, -0.2) is 0 Å². The second-order valence-electron chi connectivity index (χ2n) is 6.15. The van der Waals surface area contributed by atoms with E-state index in [0.717, 1.165) is 19.6 Å². The van der Waals surface area contributed by atoms with Gasteiger partial charge in [0.25, 0.3) is 0 Å². The number of hydrogen-bond donors (Lipinski definition) is 1. The van der Waals surface area contributed by atoms with Gasteiger partial charge in [-0.3, -0.25) is 9.36 Å². The number of ether oxygens (including phenoxy) is 1. The van der Waals surface area contributed by atoms with E-state index < -0.39 is 0 Å². The average molecular weight is 303 g/mol. The molecule has 0 aliphatic carbocycles. The molecule has 1 N–H and O–H groups in total. The van der Waals surface area contributed by atoms with Gasteiger partial charge in [-0.15, -0.1) is 0 Å². The standard InChI is InChI=1S/C16H25N5O/c1-12(14-10-19-20(2)11-14)17-9-13-5-4-8-22-16(13)15-6-7-18-21(15)3/h6-7,10-13,16-17H,4-5,8-9H2,1-3H3/t12?,13-,16+/m0/s1. The third kappa shape index (κ3) is 3.23. The second-order valence-corrected chi connectivity index (χ2v) is 6.15. The Hall–Kier alpha value is -1.66. The first-order valence-corrected chi connectivity index (χ1v) is 7.96. The van der Waals surface area contributed by atoms with Crippen molar-refractivity contribution in [2.75, 3.05) is 13.2 Å². The van der Waals surface area contributed by atoms with E-state index >= 15 is 0 Å². The van der Waals surface area contributed by atoms with E-state index in [-0.39, 0.29) is 6.10 Å². The molecule has 1 aliphatic rings. The minimum Gasteiger partial charge on any atom is -0.372 e. The van der Waals surface area contributed by atoms with Crippen molar-refractivity contribution >= 4 is 0 Å². The van der Waals surface area contributed by atoms with E-state index in [1.165, 1.54) is 17.7 Å². The molecule has 3 atom stereocenters. The van der Waals surface area contributed by atoms with Gasteiger partial charge >= 0.3 is 0 Å². The summed E-state index contributed by atoms with van der Waals surface area (Å²) in [7, 11) is 3.93. The molecule has 1 unspecified atom stereocenters. The Morgan fingerprint density at radius 3 is 2.95 bits per heavy atom. The van der Waals surface area contributed by atoms with Crippen LogP contribution >= 0.6 is 0 Å². The van der Waals surface area contributed by atoms with Crippen molar-refractivity contribution in [1.82, 2.24) is 24.9 Å². The van der Waals surface area contributed by atoms with Crippen molar-refractivity contribution in [2.24, 2.45) is 20.0 Å². The normalized spacial score (nSPS) is 23.6. The van der Waals surface area contributed by atoms with E-state index in [0.29, 0.717) is 12.0 Å². The Morgan fingerprint density at radius 2 is 2.27 bits per heavy atom. The molecule has 1 fully saturated rings. The molecule has 1 aliphatic heterocycles. The number of hydrogen-bond acceptors (Lipinski definition) is 4. The fourth-order valence-electron chi connectivity index (χ4n) is 3.15. The molecular weight excluding hydrogens is 278 g/mol. The van der Waals surface area contributed by atoms with Crippen molar-refractivity contribution in [2.45, 2.75) is 31.9 Å². The summed E-state index contributed by atoms with van der Waals surface area (Å²) in [6.45, 7) is 3.95. The predicted molar refractivity (Wildman–Crippen MR) is 84.3 cm³/mol. The topological polar surface area (TPSA) is 56.9 Å². The lowest BCUT2D eigenvalue weighted by molar-refractivity contribution is -0.0328. The molecule has 0 radical (unpaired) electrons. The molecule has 2 aromatic rings. The highest BCUT2D eigenvalue weighted by atomic mass is 16.5. The molecule has 3 rings (SSSR count). The lowest BCUT2D eigenvalue weighted by atomic mass is 9.91. The molecule has 120 valence electrons. The van der Waals surface area contributed by atoms with Gasteiger partial charge in [0.2, 0.25) is 0 Å². The van der Waals surface area contributed by atoms with Crippen molar-refractivity contribution in [3.63, 3.8) is 0 Å². The van der Waals surface area contributed by atoms with Crippen LogP contribution in [-0.2, 0) is 18.8 Å². The molecule has 3 heterocycles.